The first kappa shape index (κ1) is 12.4. The molecule has 0 unspecified atom stereocenters. The van der Waals surface area contributed by atoms with Crippen LogP contribution in [0.15, 0.2) is 0 Å². The molecule has 0 rings (SSSR count). The maximum absolute atomic E-state index is 11.3. The third-order valence-electron chi connectivity index (χ3n) is 1.51. The Kier molecular flexibility index (Phi) is 3.87. The first-order chi connectivity index (χ1) is 5.69. The minimum atomic E-state index is -3.45. The van der Waals surface area contributed by atoms with Crippen LogP contribution >= 0.6 is 0 Å². The molecule has 0 radical (unpaired) electrons. The predicted octanol–water partition coefficient (Wildman–Crippen LogP) is -0.692. The van der Waals surface area contributed by atoms with Crippen molar-refractivity contribution < 1.29 is 13.2 Å². The van der Waals surface area contributed by atoms with Crippen LogP contribution < -0.4 is 10.0 Å². The zero-order valence-corrected chi connectivity index (χ0v) is 9.16. The molecule has 0 atom stereocenters. The van der Waals surface area contributed by atoms with Crippen LogP contribution in [0.25, 0.3) is 0 Å². The van der Waals surface area contributed by atoms with Crippen molar-refractivity contribution >= 4 is 15.9 Å². The lowest BCUT2D eigenvalue weighted by Crippen LogP contribution is -2.44. The van der Waals surface area contributed by atoms with Crippen LogP contribution in [0.1, 0.15) is 13.8 Å². The average Bonchev–Trinajstić information content (AvgIpc) is 1.82. The molecule has 0 aromatic rings. The fraction of sp³-hybridized carbons (Fsp3) is 0.857. The molecule has 0 aromatic carbocycles. The van der Waals surface area contributed by atoms with Gasteiger partial charge < -0.3 is 5.32 Å². The van der Waals surface area contributed by atoms with Crippen molar-refractivity contribution in [2.75, 3.05) is 19.8 Å². The van der Waals surface area contributed by atoms with Crippen LogP contribution in [0, 0.1) is 5.41 Å². The van der Waals surface area contributed by atoms with E-state index in [1.165, 1.54) is 0 Å². The van der Waals surface area contributed by atoms with Gasteiger partial charge in [-0.05, 0) is 20.9 Å². The summed E-state index contributed by atoms with van der Waals surface area (Å²) >= 11 is 0. The standard InChI is InChI=1S/C7H16N2O3S/c1-7(2,5-8-3)6(10)9-13(4,11)12/h8H,5H2,1-4H3,(H,9,10). The van der Waals surface area contributed by atoms with Gasteiger partial charge in [0.25, 0.3) is 0 Å². The smallest absolute Gasteiger partial charge is 0.240 e. The Morgan fingerprint density at radius 1 is 1.38 bits per heavy atom. The third-order valence-corrected chi connectivity index (χ3v) is 2.07. The highest BCUT2D eigenvalue weighted by Crippen LogP contribution is 2.13. The number of hydrogen-bond donors (Lipinski definition) is 2. The number of rotatable bonds is 4. The van der Waals surface area contributed by atoms with E-state index in [4.69, 9.17) is 0 Å². The van der Waals surface area contributed by atoms with Crippen LogP contribution in [0.2, 0.25) is 0 Å². The largest absolute Gasteiger partial charge is 0.319 e. The lowest BCUT2D eigenvalue weighted by atomic mass is 9.93. The molecule has 6 heteroatoms. The number of hydrogen-bond acceptors (Lipinski definition) is 4. The Morgan fingerprint density at radius 2 is 1.85 bits per heavy atom. The van der Waals surface area contributed by atoms with Gasteiger partial charge in [-0.2, -0.15) is 0 Å². The summed E-state index contributed by atoms with van der Waals surface area (Å²) in [6.45, 7) is 3.77. The lowest BCUT2D eigenvalue weighted by Gasteiger charge is -2.22. The molecule has 0 aliphatic carbocycles. The summed E-state index contributed by atoms with van der Waals surface area (Å²) in [5, 5.41) is 2.82. The van der Waals surface area contributed by atoms with Crippen LogP contribution in [0.5, 0.6) is 0 Å². The van der Waals surface area contributed by atoms with Gasteiger partial charge in [-0.1, -0.05) is 0 Å². The molecule has 0 aromatic heterocycles. The van der Waals surface area contributed by atoms with Gasteiger partial charge in [-0.25, -0.2) is 8.42 Å². The van der Waals surface area contributed by atoms with Gasteiger partial charge in [-0.3, -0.25) is 9.52 Å². The molecule has 0 heterocycles. The van der Waals surface area contributed by atoms with Crippen molar-refractivity contribution in [3.05, 3.63) is 0 Å². The molecule has 78 valence electrons. The number of carbonyl (C=O) groups is 1. The first-order valence-corrected chi connectivity index (χ1v) is 5.75. The second kappa shape index (κ2) is 4.06. The van der Waals surface area contributed by atoms with E-state index in [2.05, 4.69) is 5.32 Å². The number of sulfonamides is 1. The first-order valence-electron chi connectivity index (χ1n) is 3.86. The highest BCUT2D eigenvalue weighted by atomic mass is 32.2. The van der Waals surface area contributed by atoms with Crippen molar-refractivity contribution in [1.29, 1.82) is 0 Å². The molecule has 0 fully saturated rings. The van der Waals surface area contributed by atoms with E-state index < -0.39 is 21.3 Å². The average molecular weight is 208 g/mol. The molecule has 0 bridgehead atoms. The van der Waals surface area contributed by atoms with E-state index in [0.717, 1.165) is 6.26 Å². The monoisotopic (exact) mass is 208 g/mol. The molecule has 0 spiro atoms. The molecule has 0 aliphatic heterocycles. The molecule has 1 amide bonds. The van der Waals surface area contributed by atoms with E-state index in [1.807, 2.05) is 4.72 Å². The fourth-order valence-corrected chi connectivity index (χ4v) is 1.44. The second-order valence-electron chi connectivity index (χ2n) is 3.62. The highest BCUT2D eigenvalue weighted by Gasteiger charge is 2.28. The Bertz CT molecular complexity index is 282. The Hall–Kier alpha value is -0.620. The quantitative estimate of drug-likeness (QED) is 0.641. The molecule has 13 heavy (non-hydrogen) atoms. The summed E-state index contributed by atoms with van der Waals surface area (Å²) in [6.07, 6.45) is 0.959. The summed E-state index contributed by atoms with van der Waals surface area (Å²) in [6, 6.07) is 0. The van der Waals surface area contributed by atoms with Gasteiger partial charge in [0, 0.05) is 6.54 Å². The van der Waals surface area contributed by atoms with E-state index in [9.17, 15) is 13.2 Å². The van der Waals surface area contributed by atoms with Crippen LogP contribution in [0.3, 0.4) is 0 Å². The third kappa shape index (κ3) is 4.84. The minimum absolute atomic E-state index is 0.425. The van der Waals surface area contributed by atoms with Gasteiger partial charge in [0.1, 0.15) is 0 Å². The number of amides is 1. The van der Waals surface area contributed by atoms with Gasteiger partial charge in [0.05, 0.1) is 11.7 Å². The maximum Gasteiger partial charge on any atom is 0.240 e. The Labute approximate surface area is 79.0 Å². The van der Waals surface area contributed by atoms with Crippen molar-refractivity contribution in [2.45, 2.75) is 13.8 Å². The van der Waals surface area contributed by atoms with E-state index in [-0.39, 0.29) is 0 Å². The molecule has 0 saturated heterocycles. The Morgan fingerprint density at radius 3 is 2.15 bits per heavy atom. The van der Waals surface area contributed by atoms with Crippen LogP contribution in [-0.2, 0) is 14.8 Å². The van der Waals surface area contributed by atoms with Crippen molar-refractivity contribution in [3.63, 3.8) is 0 Å². The van der Waals surface area contributed by atoms with Gasteiger partial charge in [0.15, 0.2) is 0 Å². The zero-order valence-electron chi connectivity index (χ0n) is 8.34. The summed E-state index contributed by atoms with van der Waals surface area (Å²) < 4.78 is 23.4. The van der Waals surface area contributed by atoms with Gasteiger partial charge in [-0.15, -0.1) is 0 Å². The van der Waals surface area contributed by atoms with Gasteiger partial charge in [0.2, 0.25) is 15.9 Å². The highest BCUT2D eigenvalue weighted by molar-refractivity contribution is 7.89. The number of nitrogens with one attached hydrogen (secondary N) is 2. The van der Waals surface area contributed by atoms with Crippen molar-refractivity contribution in [1.82, 2.24) is 10.0 Å². The molecule has 0 aliphatic rings. The van der Waals surface area contributed by atoms with Gasteiger partial charge >= 0.3 is 0 Å². The molecular weight excluding hydrogens is 192 g/mol. The summed E-state index contributed by atoms with van der Waals surface area (Å²) in [5.74, 6) is -0.496. The van der Waals surface area contributed by atoms with E-state index in [1.54, 1.807) is 20.9 Å². The lowest BCUT2D eigenvalue weighted by molar-refractivity contribution is -0.127. The molecule has 2 N–H and O–H groups in total. The second-order valence-corrected chi connectivity index (χ2v) is 5.37. The minimum Gasteiger partial charge on any atom is -0.319 e. The molecular formula is C7H16N2O3S. The topological polar surface area (TPSA) is 75.3 Å². The molecule has 0 saturated carbocycles. The molecule has 5 nitrogen and oxygen atoms in total. The zero-order chi connectivity index (χ0) is 10.7. The SMILES string of the molecule is CNCC(C)(C)C(=O)NS(C)(=O)=O. The van der Waals surface area contributed by atoms with Crippen LogP contribution in [-0.4, -0.2) is 34.2 Å². The fourth-order valence-electron chi connectivity index (χ4n) is 0.829. The summed E-state index contributed by atoms with van der Waals surface area (Å²) in [5.41, 5.74) is -0.724. The van der Waals surface area contributed by atoms with Crippen molar-refractivity contribution in [3.8, 4) is 0 Å². The van der Waals surface area contributed by atoms with E-state index >= 15 is 0 Å². The van der Waals surface area contributed by atoms with Crippen molar-refractivity contribution in [2.24, 2.45) is 5.41 Å². The number of carbonyl (C=O) groups excluding carboxylic acids is 1. The van der Waals surface area contributed by atoms with Crippen LogP contribution in [0.4, 0.5) is 0 Å². The normalized spacial score (nSPS) is 12.6. The Balaban J connectivity index is 4.43. The summed E-state index contributed by atoms with van der Waals surface area (Å²) in [4.78, 5) is 11.3. The maximum atomic E-state index is 11.3. The predicted molar refractivity (Wildman–Crippen MR) is 50.7 cm³/mol. The van der Waals surface area contributed by atoms with E-state index in [0.29, 0.717) is 6.54 Å². The summed E-state index contributed by atoms with van der Waals surface area (Å²) in [7, 11) is -1.75.